The van der Waals surface area contributed by atoms with Crippen LogP contribution in [-0.4, -0.2) is 98.7 Å². The first kappa shape index (κ1) is 17.9. The molecule has 1 radical (unpaired) electrons. The Labute approximate surface area is 126 Å². The summed E-state index contributed by atoms with van der Waals surface area (Å²) in [4.78, 5) is 0. The number of ether oxygens (including phenoxy) is 2. The van der Waals surface area contributed by atoms with E-state index in [0.29, 0.717) is 0 Å². The molecule has 0 spiro atoms. The first-order chi connectivity index (χ1) is 10.3. The van der Waals surface area contributed by atoms with Gasteiger partial charge in [0.05, 0.1) is 25.3 Å². The van der Waals surface area contributed by atoms with Crippen LogP contribution in [0, 0.1) is 6.10 Å². The van der Waals surface area contributed by atoms with Crippen molar-refractivity contribution in [2.45, 2.75) is 54.8 Å². The maximum atomic E-state index is 9.94. The number of hydrogen-bond donors (Lipinski definition) is 8. The molecule has 0 aliphatic carbocycles. The third-order valence-electron chi connectivity index (χ3n) is 4.15. The van der Waals surface area contributed by atoms with Crippen LogP contribution in [0.25, 0.3) is 0 Å². The summed E-state index contributed by atoms with van der Waals surface area (Å²) in [5.74, 6) is 0. The topological polar surface area (TPSA) is 192 Å². The third kappa shape index (κ3) is 2.99. The van der Waals surface area contributed by atoms with E-state index in [9.17, 15) is 30.6 Å². The van der Waals surface area contributed by atoms with Crippen molar-refractivity contribution in [3.8, 4) is 0 Å². The number of nitrogens with two attached hydrogens (primary N) is 2. The third-order valence-corrected chi connectivity index (χ3v) is 4.15. The highest BCUT2D eigenvalue weighted by Crippen LogP contribution is 2.34. The summed E-state index contributed by atoms with van der Waals surface area (Å²) in [5, 5.41) is 57.8. The summed E-state index contributed by atoms with van der Waals surface area (Å²) in [5.41, 5.74) is 11.6. The minimum Gasteiger partial charge on any atom is -0.394 e. The molecule has 2 fully saturated rings. The second-order valence-corrected chi connectivity index (χ2v) is 5.58. The van der Waals surface area contributed by atoms with Crippen LogP contribution >= 0.6 is 0 Å². The first-order valence-corrected chi connectivity index (χ1v) is 6.97. The molecule has 129 valence electrons. The number of hydrogen-bond acceptors (Lipinski definition) is 10. The van der Waals surface area contributed by atoms with Crippen LogP contribution in [0.5, 0.6) is 0 Å². The van der Waals surface area contributed by atoms with Gasteiger partial charge in [-0.1, -0.05) is 0 Å². The average Bonchev–Trinajstić information content (AvgIpc) is 2.52. The Morgan fingerprint density at radius 1 is 0.818 bits per heavy atom. The standard InChI is InChI=1S/C12H23N2O8/c13-5-9(19)7(17)3(1-15)21-11(5)12-6(14)10(20)8(18)4(2-16)22-12/h3-11,15-20H,1-2,13-14H2/t3-,4-,5-,6-,7+,8+,9-,10-,11+/m1/s1. The van der Waals surface area contributed by atoms with Gasteiger partial charge in [0, 0.05) is 0 Å². The second kappa shape index (κ2) is 7.01. The number of aliphatic hydroxyl groups is 6. The van der Waals surface area contributed by atoms with Crippen LogP contribution in [0.4, 0.5) is 0 Å². The summed E-state index contributed by atoms with van der Waals surface area (Å²) in [6.07, 6.45) is -9.04. The maximum Gasteiger partial charge on any atom is 0.147 e. The molecule has 0 saturated carbocycles. The maximum absolute atomic E-state index is 9.94. The van der Waals surface area contributed by atoms with Crippen LogP contribution in [0.1, 0.15) is 0 Å². The van der Waals surface area contributed by atoms with Crippen molar-refractivity contribution in [2.75, 3.05) is 13.2 Å². The molecule has 0 unspecified atom stereocenters. The van der Waals surface area contributed by atoms with Gasteiger partial charge < -0.3 is 51.6 Å². The van der Waals surface area contributed by atoms with E-state index in [0.717, 1.165) is 0 Å². The SMILES string of the molecule is N[C@@H]1[C@@H](O)[C@@H](O)[C@@H](CO)O[C@@H]1[C]1O[C@H](CO)[C@H](O)[C@H](O)[C@H]1N. The fraction of sp³-hybridized carbons (Fsp3) is 0.917. The monoisotopic (exact) mass is 323 g/mol. The molecule has 2 aliphatic heterocycles. The quantitative estimate of drug-likeness (QED) is 0.249. The van der Waals surface area contributed by atoms with Gasteiger partial charge in [0.25, 0.3) is 0 Å². The van der Waals surface area contributed by atoms with E-state index in [-0.39, 0.29) is 6.10 Å². The molecule has 2 rings (SSSR count). The van der Waals surface area contributed by atoms with Crippen molar-refractivity contribution in [3.63, 3.8) is 0 Å². The predicted octanol–water partition coefficient (Wildman–Crippen LogP) is -5.23. The minimum atomic E-state index is -1.42. The van der Waals surface area contributed by atoms with Crippen LogP contribution in [0.3, 0.4) is 0 Å². The molecule has 0 aromatic heterocycles. The molecule has 22 heavy (non-hydrogen) atoms. The molecule has 0 aromatic carbocycles. The molecule has 0 aromatic rings. The van der Waals surface area contributed by atoms with Crippen molar-refractivity contribution in [1.29, 1.82) is 0 Å². The summed E-state index contributed by atoms with van der Waals surface area (Å²) in [6, 6.07) is -2.30. The van der Waals surface area contributed by atoms with Gasteiger partial charge in [-0.15, -0.1) is 0 Å². The molecular weight excluding hydrogens is 300 g/mol. The van der Waals surface area contributed by atoms with Crippen LogP contribution in [-0.2, 0) is 9.47 Å². The molecular formula is C12H23N2O8. The highest BCUT2D eigenvalue weighted by atomic mass is 16.6. The molecule has 9 atom stereocenters. The van der Waals surface area contributed by atoms with Gasteiger partial charge in [0.15, 0.2) is 0 Å². The van der Waals surface area contributed by atoms with E-state index >= 15 is 0 Å². The van der Waals surface area contributed by atoms with Crippen molar-refractivity contribution < 1.29 is 40.1 Å². The average molecular weight is 323 g/mol. The van der Waals surface area contributed by atoms with Gasteiger partial charge in [0.1, 0.15) is 48.8 Å². The fourth-order valence-corrected chi connectivity index (χ4v) is 2.72. The van der Waals surface area contributed by atoms with E-state index < -0.39 is 68.0 Å². The zero-order valence-electron chi connectivity index (χ0n) is 11.8. The molecule has 0 bridgehead atoms. The minimum absolute atomic E-state index is 0.0613. The predicted molar refractivity (Wildman–Crippen MR) is 70.9 cm³/mol. The highest BCUT2D eigenvalue weighted by Gasteiger charge is 2.53. The van der Waals surface area contributed by atoms with Crippen LogP contribution < -0.4 is 11.5 Å². The summed E-state index contributed by atoms with van der Waals surface area (Å²) < 4.78 is 10.8. The Bertz CT molecular complexity index is 337. The van der Waals surface area contributed by atoms with Crippen molar-refractivity contribution in [2.24, 2.45) is 11.5 Å². The smallest absolute Gasteiger partial charge is 0.147 e. The molecule has 2 aliphatic rings. The summed E-state index contributed by atoms with van der Waals surface area (Å²) in [6.45, 7) is -1.15. The van der Waals surface area contributed by atoms with E-state index in [1.807, 2.05) is 0 Å². The van der Waals surface area contributed by atoms with Gasteiger partial charge >= 0.3 is 0 Å². The Morgan fingerprint density at radius 2 is 1.36 bits per heavy atom. The lowest BCUT2D eigenvalue weighted by atomic mass is 9.84. The molecule has 0 amide bonds. The Kier molecular flexibility index (Phi) is 5.72. The van der Waals surface area contributed by atoms with Gasteiger partial charge in [-0.3, -0.25) is 0 Å². The molecule has 2 saturated heterocycles. The number of rotatable bonds is 3. The molecule has 10 heteroatoms. The summed E-state index contributed by atoms with van der Waals surface area (Å²) in [7, 11) is 0. The zero-order chi connectivity index (χ0) is 16.6. The van der Waals surface area contributed by atoms with E-state index in [1.165, 1.54) is 0 Å². The van der Waals surface area contributed by atoms with E-state index in [1.54, 1.807) is 0 Å². The lowest BCUT2D eigenvalue weighted by Gasteiger charge is -2.48. The zero-order valence-corrected chi connectivity index (χ0v) is 11.8. The Balaban J connectivity index is 2.21. The Hall–Kier alpha value is -0.400. The van der Waals surface area contributed by atoms with E-state index in [2.05, 4.69) is 0 Å². The molecule has 10 nitrogen and oxygen atoms in total. The molecule has 2 heterocycles. The second-order valence-electron chi connectivity index (χ2n) is 5.58. The van der Waals surface area contributed by atoms with Gasteiger partial charge in [-0.2, -0.15) is 0 Å². The van der Waals surface area contributed by atoms with Crippen molar-refractivity contribution >= 4 is 0 Å². The fourth-order valence-electron chi connectivity index (χ4n) is 2.72. The normalized spacial score (nSPS) is 51.0. The largest absolute Gasteiger partial charge is 0.394 e. The summed E-state index contributed by atoms with van der Waals surface area (Å²) >= 11 is 0. The van der Waals surface area contributed by atoms with Gasteiger partial charge in [-0.05, 0) is 0 Å². The number of aliphatic hydroxyl groups excluding tert-OH is 6. The lowest BCUT2D eigenvalue weighted by molar-refractivity contribution is -0.226. The van der Waals surface area contributed by atoms with Crippen molar-refractivity contribution in [1.82, 2.24) is 0 Å². The van der Waals surface area contributed by atoms with E-state index in [4.69, 9.17) is 20.9 Å². The van der Waals surface area contributed by atoms with Crippen molar-refractivity contribution in [3.05, 3.63) is 6.10 Å². The van der Waals surface area contributed by atoms with Crippen LogP contribution in [0.2, 0.25) is 0 Å². The van der Waals surface area contributed by atoms with Gasteiger partial charge in [0.2, 0.25) is 0 Å². The molecule has 10 N–H and O–H groups in total. The highest BCUT2D eigenvalue weighted by molar-refractivity contribution is 5.14. The first-order valence-electron chi connectivity index (χ1n) is 6.97. The lowest BCUT2D eigenvalue weighted by Crippen LogP contribution is -2.69. The van der Waals surface area contributed by atoms with Gasteiger partial charge in [-0.25, -0.2) is 0 Å². The Morgan fingerprint density at radius 3 is 1.91 bits per heavy atom. The van der Waals surface area contributed by atoms with Crippen LogP contribution in [0.15, 0.2) is 0 Å².